The van der Waals surface area contributed by atoms with Crippen molar-refractivity contribution in [1.82, 2.24) is 0 Å². The lowest BCUT2D eigenvalue weighted by atomic mass is 9.93. The second kappa shape index (κ2) is 13.7. The molecule has 0 spiro atoms. The fraction of sp³-hybridized carbons (Fsp3) is 0. The number of hydrogen-bond acceptors (Lipinski definition) is 2. The smallest absolute Gasteiger partial charge is 0.0640 e. The summed E-state index contributed by atoms with van der Waals surface area (Å²) >= 11 is 1.87. The Morgan fingerprint density at radius 1 is 0.315 bits per heavy atom. The van der Waals surface area contributed by atoms with E-state index in [1.54, 1.807) is 0 Å². The Balaban J connectivity index is 1.14. The zero-order valence-corrected chi connectivity index (χ0v) is 30.4. The van der Waals surface area contributed by atoms with Crippen LogP contribution in [0.5, 0.6) is 0 Å². The van der Waals surface area contributed by atoms with E-state index in [0.717, 1.165) is 11.4 Å². The van der Waals surface area contributed by atoms with Crippen molar-refractivity contribution in [2.75, 3.05) is 4.90 Å². The maximum absolute atomic E-state index is 2.44. The molecule has 0 bridgehead atoms. The highest BCUT2D eigenvalue weighted by atomic mass is 32.1. The van der Waals surface area contributed by atoms with Crippen molar-refractivity contribution in [3.8, 4) is 44.5 Å². The Hall–Kier alpha value is -6.74. The second-order valence-electron chi connectivity index (χ2n) is 13.7. The monoisotopic (exact) mass is 705 g/mol. The van der Waals surface area contributed by atoms with E-state index in [0.29, 0.717) is 0 Å². The molecule has 9 aromatic carbocycles. The van der Waals surface area contributed by atoms with Crippen LogP contribution in [0.2, 0.25) is 0 Å². The fourth-order valence-electron chi connectivity index (χ4n) is 7.87. The van der Waals surface area contributed by atoms with Gasteiger partial charge in [0.25, 0.3) is 0 Å². The van der Waals surface area contributed by atoms with E-state index in [1.165, 1.54) is 81.1 Å². The maximum Gasteiger partial charge on any atom is 0.0640 e. The van der Waals surface area contributed by atoms with Crippen molar-refractivity contribution >= 4 is 59.3 Å². The number of rotatable bonds is 7. The Morgan fingerprint density at radius 2 is 0.870 bits per heavy atom. The SMILES string of the molecule is c1ccc(-c2ccc(N(c3ccc(-c4ccccc4-c4ccc5ccccc5c4)cc3)c3cccc4c3sc3ccccc34)cc2-c2ccccc2)cc1. The zero-order valence-electron chi connectivity index (χ0n) is 29.6. The molecule has 1 aromatic heterocycles. The van der Waals surface area contributed by atoms with Gasteiger partial charge in [-0.1, -0.05) is 170 Å². The molecule has 0 aliphatic rings. The van der Waals surface area contributed by atoms with Crippen LogP contribution in [-0.4, -0.2) is 0 Å². The molecule has 2 heteroatoms. The molecule has 0 saturated heterocycles. The summed E-state index contributed by atoms with van der Waals surface area (Å²) in [6, 6.07) is 77.1. The van der Waals surface area contributed by atoms with Crippen LogP contribution >= 0.6 is 11.3 Å². The van der Waals surface area contributed by atoms with E-state index in [2.05, 4.69) is 217 Å². The molecule has 0 N–H and O–H groups in total. The first-order valence-electron chi connectivity index (χ1n) is 18.4. The van der Waals surface area contributed by atoms with Crippen molar-refractivity contribution in [1.29, 1.82) is 0 Å². The summed E-state index contributed by atoms with van der Waals surface area (Å²) in [7, 11) is 0. The van der Waals surface area contributed by atoms with Gasteiger partial charge in [-0.15, -0.1) is 11.3 Å². The van der Waals surface area contributed by atoms with Gasteiger partial charge in [-0.25, -0.2) is 0 Å². The largest absolute Gasteiger partial charge is 0.309 e. The average Bonchev–Trinajstić information content (AvgIpc) is 3.64. The Bertz CT molecular complexity index is 2920. The molecule has 0 aliphatic heterocycles. The number of thiophene rings is 1. The van der Waals surface area contributed by atoms with Gasteiger partial charge in [0.05, 0.1) is 10.4 Å². The fourth-order valence-corrected chi connectivity index (χ4v) is 9.07. The summed E-state index contributed by atoms with van der Waals surface area (Å²) in [5.74, 6) is 0. The van der Waals surface area contributed by atoms with Gasteiger partial charge in [0.15, 0.2) is 0 Å². The quantitative estimate of drug-likeness (QED) is 0.160. The standard InChI is InChI=1S/C52H35NS/c1-3-15-37(16-4-1)46-33-32-43(35-49(46)38-17-5-2-6-18-38)53(50-24-13-23-48-47-22-11-12-25-51(47)54-52(48)50)42-30-28-39(29-31-42)44-20-9-10-21-45(44)41-27-26-36-14-7-8-19-40(36)34-41/h1-35H. The van der Waals surface area contributed by atoms with E-state index in [9.17, 15) is 0 Å². The van der Waals surface area contributed by atoms with Crippen molar-refractivity contribution in [3.63, 3.8) is 0 Å². The topological polar surface area (TPSA) is 3.24 Å². The molecule has 54 heavy (non-hydrogen) atoms. The summed E-state index contributed by atoms with van der Waals surface area (Å²) in [6.45, 7) is 0. The first-order valence-corrected chi connectivity index (χ1v) is 19.2. The normalized spacial score (nSPS) is 11.3. The van der Waals surface area contributed by atoms with Crippen molar-refractivity contribution in [2.45, 2.75) is 0 Å². The molecule has 10 aromatic rings. The summed E-state index contributed by atoms with van der Waals surface area (Å²) in [6.07, 6.45) is 0. The third-order valence-electron chi connectivity index (χ3n) is 10.5. The van der Waals surface area contributed by atoms with Gasteiger partial charge in [0, 0.05) is 26.8 Å². The molecule has 10 rings (SSSR count). The highest BCUT2D eigenvalue weighted by Gasteiger charge is 2.20. The highest BCUT2D eigenvalue weighted by Crippen LogP contribution is 2.47. The Labute approximate surface area is 319 Å². The number of hydrogen-bond donors (Lipinski definition) is 0. The number of benzene rings is 9. The van der Waals surface area contributed by atoms with Gasteiger partial charge in [0.2, 0.25) is 0 Å². The Kier molecular flexibility index (Phi) is 8.09. The van der Waals surface area contributed by atoms with Gasteiger partial charge in [-0.3, -0.25) is 0 Å². The van der Waals surface area contributed by atoms with Crippen molar-refractivity contribution in [2.24, 2.45) is 0 Å². The third kappa shape index (κ3) is 5.74. The first kappa shape index (κ1) is 32.0. The van der Waals surface area contributed by atoms with Gasteiger partial charge in [-0.05, 0) is 97.7 Å². The minimum atomic E-state index is 1.11. The lowest BCUT2D eigenvalue weighted by molar-refractivity contribution is 1.30. The summed E-state index contributed by atoms with van der Waals surface area (Å²) in [4.78, 5) is 2.44. The maximum atomic E-state index is 2.44. The molecule has 0 radical (unpaired) electrons. The van der Waals surface area contributed by atoms with Crippen molar-refractivity contribution in [3.05, 3.63) is 212 Å². The zero-order chi connectivity index (χ0) is 35.8. The molecule has 0 fully saturated rings. The number of fused-ring (bicyclic) bond motifs is 4. The third-order valence-corrected chi connectivity index (χ3v) is 11.7. The first-order chi connectivity index (χ1) is 26.8. The van der Waals surface area contributed by atoms with E-state index in [4.69, 9.17) is 0 Å². The molecule has 1 heterocycles. The van der Waals surface area contributed by atoms with Crippen LogP contribution < -0.4 is 4.90 Å². The van der Waals surface area contributed by atoms with E-state index >= 15 is 0 Å². The van der Waals surface area contributed by atoms with Crippen LogP contribution in [0.25, 0.3) is 75.5 Å². The van der Waals surface area contributed by atoms with E-state index < -0.39 is 0 Å². The average molecular weight is 706 g/mol. The minimum absolute atomic E-state index is 1.11. The van der Waals surface area contributed by atoms with Crippen LogP contribution in [0.1, 0.15) is 0 Å². The highest BCUT2D eigenvalue weighted by molar-refractivity contribution is 7.26. The number of anilines is 3. The molecular weight excluding hydrogens is 671 g/mol. The molecule has 1 nitrogen and oxygen atoms in total. The van der Waals surface area contributed by atoms with E-state index in [-0.39, 0.29) is 0 Å². The predicted octanol–water partition coefficient (Wildman–Crippen LogP) is 15.3. The lowest BCUT2D eigenvalue weighted by Crippen LogP contribution is -2.10. The Morgan fingerprint density at radius 3 is 1.65 bits per heavy atom. The molecular formula is C52H35NS. The van der Waals surface area contributed by atoms with Gasteiger partial charge >= 0.3 is 0 Å². The molecule has 0 saturated carbocycles. The second-order valence-corrected chi connectivity index (χ2v) is 14.8. The van der Waals surface area contributed by atoms with Crippen molar-refractivity contribution < 1.29 is 0 Å². The molecule has 0 atom stereocenters. The van der Waals surface area contributed by atoms with Crippen LogP contribution in [0.3, 0.4) is 0 Å². The molecule has 0 aliphatic carbocycles. The molecule has 254 valence electrons. The van der Waals surface area contributed by atoms with Crippen LogP contribution in [0.4, 0.5) is 17.1 Å². The van der Waals surface area contributed by atoms with E-state index in [1.807, 2.05) is 11.3 Å². The van der Waals surface area contributed by atoms with Gasteiger partial charge < -0.3 is 4.90 Å². The molecule has 0 unspecified atom stereocenters. The predicted molar refractivity (Wildman–Crippen MR) is 233 cm³/mol. The molecule has 0 amide bonds. The van der Waals surface area contributed by atoms with Crippen LogP contribution in [-0.2, 0) is 0 Å². The summed E-state index contributed by atoms with van der Waals surface area (Å²) in [5, 5.41) is 5.08. The summed E-state index contributed by atoms with van der Waals surface area (Å²) < 4.78 is 2.57. The van der Waals surface area contributed by atoms with Crippen LogP contribution in [0.15, 0.2) is 212 Å². The van der Waals surface area contributed by atoms with Gasteiger partial charge in [0.1, 0.15) is 0 Å². The minimum Gasteiger partial charge on any atom is -0.309 e. The summed E-state index contributed by atoms with van der Waals surface area (Å²) in [5.41, 5.74) is 13.1. The lowest BCUT2D eigenvalue weighted by Gasteiger charge is -2.27. The number of nitrogens with zero attached hydrogens (tertiary/aromatic N) is 1. The van der Waals surface area contributed by atoms with Crippen LogP contribution in [0, 0.1) is 0 Å². The van der Waals surface area contributed by atoms with Gasteiger partial charge in [-0.2, -0.15) is 0 Å².